The van der Waals surface area contributed by atoms with Gasteiger partial charge in [0.15, 0.2) is 6.29 Å². The molecular weight excluding hydrogens is 334 g/mol. The van der Waals surface area contributed by atoms with E-state index in [1.165, 1.54) is 5.56 Å². The molecule has 0 bridgehead atoms. The number of unbranched alkanes of at least 4 members (excludes halogenated alkanes) is 1. The molecule has 2 rings (SSSR count). The minimum absolute atomic E-state index is 0.128. The Balaban J connectivity index is 1.91. The van der Waals surface area contributed by atoms with E-state index in [0.717, 1.165) is 54.4 Å². The molecule has 1 heterocycles. The predicted molar refractivity (Wildman–Crippen MR) is 85.9 cm³/mol. The fraction of sp³-hybridized carbons (Fsp3) is 0.500. The van der Waals surface area contributed by atoms with Gasteiger partial charge in [0.1, 0.15) is 0 Å². The van der Waals surface area contributed by atoms with Crippen LogP contribution in [0.2, 0.25) is 0 Å². The fourth-order valence-electron chi connectivity index (χ4n) is 2.74. The Kier molecular flexibility index (Phi) is 5.79. The lowest BCUT2D eigenvalue weighted by Gasteiger charge is -2.20. The van der Waals surface area contributed by atoms with Crippen LogP contribution in [0.4, 0.5) is 5.69 Å². The van der Waals surface area contributed by atoms with Gasteiger partial charge in [-0.2, -0.15) is 0 Å². The van der Waals surface area contributed by atoms with Crippen molar-refractivity contribution in [2.75, 3.05) is 24.6 Å². The number of halogens is 1. The van der Waals surface area contributed by atoms with Crippen molar-refractivity contribution in [1.82, 2.24) is 0 Å². The number of rotatable bonds is 7. The third-order valence-electron chi connectivity index (χ3n) is 3.64. The summed E-state index contributed by atoms with van der Waals surface area (Å²) in [4.78, 5) is 24.8. The van der Waals surface area contributed by atoms with E-state index >= 15 is 0 Å². The zero-order chi connectivity index (χ0) is 15.2. The molecule has 0 atom stereocenters. The average molecular weight is 354 g/mol. The van der Waals surface area contributed by atoms with E-state index in [1.54, 1.807) is 0 Å². The normalized spacial score (nSPS) is 13.1. The number of anilines is 1. The van der Waals surface area contributed by atoms with Crippen LogP contribution >= 0.6 is 15.9 Å². The second-order valence-corrected chi connectivity index (χ2v) is 6.04. The van der Waals surface area contributed by atoms with E-state index in [-0.39, 0.29) is 5.97 Å². The lowest BCUT2D eigenvalue weighted by atomic mass is 10.1. The summed E-state index contributed by atoms with van der Waals surface area (Å²) in [5.41, 5.74) is 3.02. The van der Waals surface area contributed by atoms with Crippen molar-refractivity contribution in [1.29, 1.82) is 0 Å². The number of aldehydes is 1. The van der Waals surface area contributed by atoms with Gasteiger partial charge in [-0.15, -0.1) is 0 Å². The summed E-state index contributed by atoms with van der Waals surface area (Å²) in [5.74, 6) is -0.128. The quantitative estimate of drug-likeness (QED) is 0.428. The van der Waals surface area contributed by atoms with E-state index in [1.807, 2.05) is 13.0 Å². The van der Waals surface area contributed by atoms with Crippen molar-refractivity contribution < 1.29 is 14.3 Å². The number of carbonyl (C=O) groups is 2. The smallest absolute Gasteiger partial charge is 0.305 e. The van der Waals surface area contributed by atoms with E-state index in [9.17, 15) is 9.59 Å². The van der Waals surface area contributed by atoms with Crippen LogP contribution in [0.3, 0.4) is 0 Å². The van der Waals surface area contributed by atoms with Crippen LogP contribution in [-0.2, 0) is 16.0 Å². The highest BCUT2D eigenvalue weighted by molar-refractivity contribution is 9.10. The number of hydrogen-bond donors (Lipinski definition) is 0. The largest absolute Gasteiger partial charge is 0.466 e. The molecule has 0 amide bonds. The van der Waals surface area contributed by atoms with E-state index < -0.39 is 0 Å². The molecule has 0 saturated heterocycles. The molecule has 0 aliphatic carbocycles. The minimum atomic E-state index is -0.128. The molecular formula is C16H20BrNO3. The van der Waals surface area contributed by atoms with Gasteiger partial charge >= 0.3 is 5.97 Å². The Labute approximate surface area is 133 Å². The molecule has 1 aromatic carbocycles. The van der Waals surface area contributed by atoms with Crippen molar-refractivity contribution in [3.8, 4) is 0 Å². The molecule has 0 saturated carbocycles. The molecule has 114 valence electrons. The molecule has 1 aliphatic heterocycles. The molecule has 1 aromatic rings. The summed E-state index contributed by atoms with van der Waals surface area (Å²) in [5, 5.41) is 0. The summed E-state index contributed by atoms with van der Waals surface area (Å²) in [6.07, 6.45) is 4.09. The number of hydrogen-bond acceptors (Lipinski definition) is 4. The van der Waals surface area contributed by atoms with E-state index in [0.29, 0.717) is 13.0 Å². The number of nitrogens with zero attached hydrogens (tertiary/aromatic N) is 1. The first-order valence-electron chi connectivity index (χ1n) is 7.34. The van der Waals surface area contributed by atoms with Crippen molar-refractivity contribution >= 4 is 33.9 Å². The second-order valence-electron chi connectivity index (χ2n) is 5.12. The molecule has 1 aliphatic rings. The Bertz CT molecular complexity index is 530. The zero-order valence-corrected chi connectivity index (χ0v) is 13.8. The lowest BCUT2D eigenvalue weighted by molar-refractivity contribution is -0.143. The molecule has 0 N–H and O–H groups in total. The van der Waals surface area contributed by atoms with Gasteiger partial charge in [-0.3, -0.25) is 9.59 Å². The highest BCUT2D eigenvalue weighted by Gasteiger charge is 2.22. The molecule has 0 fully saturated rings. The Hall–Kier alpha value is -1.36. The SMILES string of the molecule is CCOC(=O)CCCCN1CCc2cc(Br)cc(C=O)c21. The number of benzene rings is 1. The predicted octanol–water partition coefficient (Wildman–Crippen LogP) is 3.36. The van der Waals surface area contributed by atoms with Crippen molar-refractivity contribution in [3.63, 3.8) is 0 Å². The number of fused-ring (bicyclic) bond motifs is 1. The summed E-state index contributed by atoms with van der Waals surface area (Å²) in [6, 6.07) is 3.95. The first-order valence-corrected chi connectivity index (χ1v) is 8.13. The van der Waals surface area contributed by atoms with Crippen molar-refractivity contribution in [2.45, 2.75) is 32.6 Å². The zero-order valence-electron chi connectivity index (χ0n) is 12.2. The fourth-order valence-corrected chi connectivity index (χ4v) is 3.26. The van der Waals surface area contributed by atoms with Crippen molar-refractivity contribution in [2.24, 2.45) is 0 Å². The van der Waals surface area contributed by atoms with Crippen LogP contribution in [-0.4, -0.2) is 32.0 Å². The summed E-state index contributed by atoms with van der Waals surface area (Å²) >= 11 is 3.44. The first kappa shape index (κ1) is 16.0. The lowest BCUT2D eigenvalue weighted by Crippen LogP contribution is -2.23. The maximum absolute atomic E-state index is 11.3. The maximum Gasteiger partial charge on any atom is 0.305 e. The topological polar surface area (TPSA) is 46.6 Å². The van der Waals surface area contributed by atoms with Crippen LogP contribution in [0.5, 0.6) is 0 Å². The first-order chi connectivity index (χ1) is 10.2. The minimum Gasteiger partial charge on any atom is -0.466 e. The van der Waals surface area contributed by atoms with Gasteiger partial charge in [0, 0.05) is 29.5 Å². The average Bonchev–Trinajstić information content (AvgIpc) is 2.86. The highest BCUT2D eigenvalue weighted by Crippen LogP contribution is 2.34. The monoisotopic (exact) mass is 353 g/mol. The van der Waals surface area contributed by atoms with Crippen LogP contribution < -0.4 is 4.90 Å². The van der Waals surface area contributed by atoms with Crippen LogP contribution in [0.25, 0.3) is 0 Å². The number of ether oxygens (including phenoxy) is 1. The molecule has 4 nitrogen and oxygen atoms in total. The Morgan fingerprint density at radius 1 is 1.43 bits per heavy atom. The van der Waals surface area contributed by atoms with E-state index in [2.05, 4.69) is 26.9 Å². The number of carbonyl (C=O) groups excluding carboxylic acids is 2. The van der Waals surface area contributed by atoms with Crippen LogP contribution in [0.15, 0.2) is 16.6 Å². The van der Waals surface area contributed by atoms with Gasteiger partial charge in [0.05, 0.1) is 12.3 Å². The standard InChI is InChI=1S/C16H20BrNO3/c1-2-21-15(20)5-3-4-7-18-8-6-12-9-14(17)10-13(11-19)16(12)18/h9-11H,2-8H2,1H3. The molecule has 0 unspecified atom stereocenters. The number of esters is 1. The van der Waals surface area contributed by atoms with Gasteiger partial charge in [-0.05, 0) is 43.9 Å². The van der Waals surface area contributed by atoms with Gasteiger partial charge in [0.25, 0.3) is 0 Å². The third-order valence-corrected chi connectivity index (χ3v) is 4.10. The molecule has 21 heavy (non-hydrogen) atoms. The highest BCUT2D eigenvalue weighted by atomic mass is 79.9. The van der Waals surface area contributed by atoms with Gasteiger partial charge in [-0.1, -0.05) is 15.9 Å². The Morgan fingerprint density at radius 2 is 2.24 bits per heavy atom. The molecule has 5 heteroatoms. The second kappa shape index (κ2) is 7.59. The summed E-state index contributed by atoms with van der Waals surface area (Å²) < 4.78 is 5.87. The molecule has 0 spiro atoms. The summed E-state index contributed by atoms with van der Waals surface area (Å²) in [6.45, 7) is 4.06. The van der Waals surface area contributed by atoms with Crippen molar-refractivity contribution in [3.05, 3.63) is 27.7 Å². The third kappa shape index (κ3) is 4.06. The van der Waals surface area contributed by atoms with Crippen LogP contribution in [0.1, 0.15) is 42.1 Å². The van der Waals surface area contributed by atoms with Gasteiger partial charge in [-0.25, -0.2) is 0 Å². The van der Waals surface area contributed by atoms with E-state index in [4.69, 9.17) is 4.74 Å². The van der Waals surface area contributed by atoms with Crippen LogP contribution in [0, 0.1) is 0 Å². The van der Waals surface area contributed by atoms with Gasteiger partial charge < -0.3 is 9.64 Å². The molecule has 0 radical (unpaired) electrons. The summed E-state index contributed by atoms with van der Waals surface area (Å²) in [7, 11) is 0. The molecule has 0 aromatic heterocycles. The Morgan fingerprint density at radius 3 is 2.95 bits per heavy atom. The van der Waals surface area contributed by atoms with Gasteiger partial charge in [0.2, 0.25) is 0 Å². The maximum atomic E-state index is 11.3.